The molecule has 3 nitrogen and oxygen atoms in total. The molecule has 0 aliphatic carbocycles. The number of hydrogen-bond donors (Lipinski definition) is 0. The second kappa shape index (κ2) is 7.12. The van der Waals surface area contributed by atoms with E-state index in [4.69, 9.17) is 28.7 Å². The molecule has 0 aliphatic heterocycles. The van der Waals surface area contributed by atoms with Crippen molar-refractivity contribution in [3.63, 3.8) is 0 Å². The van der Waals surface area contributed by atoms with Gasteiger partial charge in [0, 0.05) is 6.42 Å². The molecule has 0 aromatic heterocycles. The molecule has 0 aliphatic rings. The van der Waals surface area contributed by atoms with Gasteiger partial charge in [-0.05, 0) is 30.0 Å². The number of carbonyl (C=O) groups is 1. The lowest BCUT2D eigenvalue weighted by atomic mass is 9.91. The Hall–Kier alpha value is -1.41. The Morgan fingerprint density at radius 3 is 2.72 bits per heavy atom. The summed E-state index contributed by atoms with van der Waals surface area (Å²) in [5.41, 5.74) is 9.23. The van der Waals surface area contributed by atoms with Crippen LogP contribution in [0.25, 0.3) is 5.53 Å². The van der Waals surface area contributed by atoms with E-state index in [2.05, 4.69) is 11.4 Å². The summed E-state index contributed by atoms with van der Waals surface area (Å²) in [6.07, 6.45) is 3.49. The summed E-state index contributed by atoms with van der Waals surface area (Å²) in [6.45, 7) is 3.67. The van der Waals surface area contributed by atoms with Crippen LogP contribution < -0.4 is 0 Å². The van der Waals surface area contributed by atoms with Crippen LogP contribution in [0.4, 0.5) is 0 Å². The fraction of sp³-hybridized carbons (Fsp3) is 0.231. The molecule has 0 fully saturated rings. The normalized spacial score (nSPS) is 11.4. The van der Waals surface area contributed by atoms with Crippen LogP contribution in [-0.4, -0.2) is 16.8 Å². The minimum atomic E-state index is -0.254. The minimum absolute atomic E-state index is 0.0530. The number of nitrogens with zero attached hydrogens (tertiary/aromatic N) is 2. The Bertz CT molecular complexity index is 508. The molecular formula is C13H12Cl2N2O. The lowest BCUT2D eigenvalue weighted by molar-refractivity contribution is -0.116. The Kier molecular flexibility index (Phi) is 5.79. The molecule has 94 valence electrons. The number of benzene rings is 1. The van der Waals surface area contributed by atoms with E-state index >= 15 is 0 Å². The summed E-state index contributed by atoms with van der Waals surface area (Å²) in [7, 11) is 0. The number of hydrogen-bond acceptors (Lipinski definition) is 1. The zero-order valence-electron chi connectivity index (χ0n) is 9.64. The monoisotopic (exact) mass is 282 g/mol. The van der Waals surface area contributed by atoms with Crippen LogP contribution in [-0.2, 0) is 4.79 Å². The van der Waals surface area contributed by atoms with Crippen molar-refractivity contribution < 1.29 is 9.58 Å². The third-order valence-corrected chi connectivity index (χ3v) is 3.25. The van der Waals surface area contributed by atoms with E-state index in [9.17, 15) is 4.79 Å². The molecule has 0 radical (unpaired) electrons. The van der Waals surface area contributed by atoms with Crippen molar-refractivity contribution in [2.75, 3.05) is 0 Å². The fourth-order valence-corrected chi connectivity index (χ4v) is 1.97. The van der Waals surface area contributed by atoms with Gasteiger partial charge >= 0.3 is 6.21 Å². The Balaban J connectivity index is 2.96. The number of rotatable bonds is 6. The maximum atomic E-state index is 11.5. The number of allylic oxidation sites excluding steroid dienone is 1. The third-order valence-electron chi connectivity index (χ3n) is 2.52. The molecule has 5 heteroatoms. The zero-order valence-corrected chi connectivity index (χ0v) is 11.2. The van der Waals surface area contributed by atoms with Crippen molar-refractivity contribution in [2.45, 2.75) is 18.8 Å². The van der Waals surface area contributed by atoms with E-state index in [1.54, 1.807) is 18.2 Å². The van der Waals surface area contributed by atoms with Crippen LogP contribution in [0.2, 0.25) is 10.0 Å². The quantitative estimate of drug-likeness (QED) is 0.338. The highest BCUT2D eigenvalue weighted by molar-refractivity contribution is 6.42. The van der Waals surface area contributed by atoms with Gasteiger partial charge in [0.25, 0.3) is 0 Å². The standard InChI is InChI=1S/C13H12Cl2N2O/c1-2-3-9(6-11(18)8-17-16)10-4-5-12(14)13(15)7-10/h2,4-5,7-9H,1,3,6H2/t9-/m0/s1. The highest BCUT2D eigenvalue weighted by atomic mass is 35.5. The van der Waals surface area contributed by atoms with E-state index in [0.717, 1.165) is 11.8 Å². The first-order valence-corrected chi connectivity index (χ1v) is 6.10. The lowest BCUT2D eigenvalue weighted by Crippen LogP contribution is -2.08. The molecule has 0 unspecified atom stereocenters. The largest absolute Gasteiger partial charge is 0.361 e. The molecule has 0 N–H and O–H groups in total. The van der Waals surface area contributed by atoms with Crippen LogP contribution in [0.3, 0.4) is 0 Å². The third kappa shape index (κ3) is 4.11. The molecule has 0 heterocycles. The van der Waals surface area contributed by atoms with Gasteiger partial charge in [0.05, 0.1) is 10.0 Å². The van der Waals surface area contributed by atoms with Crippen LogP contribution in [0.1, 0.15) is 24.3 Å². The summed E-state index contributed by atoms with van der Waals surface area (Å²) in [6, 6.07) is 5.26. The van der Waals surface area contributed by atoms with Crippen LogP contribution in [0.5, 0.6) is 0 Å². The van der Waals surface area contributed by atoms with E-state index in [0.29, 0.717) is 16.5 Å². The second-order valence-electron chi connectivity index (χ2n) is 3.81. The average Bonchev–Trinajstić information content (AvgIpc) is 2.32. The van der Waals surface area contributed by atoms with E-state index in [1.165, 1.54) is 0 Å². The number of ketones is 1. The summed E-state index contributed by atoms with van der Waals surface area (Å²) >= 11 is 11.8. The van der Waals surface area contributed by atoms with Gasteiger partial charge in [-0.3, -0.25) is 4.79 Å². The maximum Gasteiger partial charge on any atom is 0.323 e. The molecule has 1 aromatic carbocycles. The van der Waals surface area contributed by atoms with Gasteiger partial charge in [0.15, 0.2) is 0 Å². The highest BCUT2D eigenvalue weighted by Crippen LogP contribution is 2.30. The van der Waals surface area contributed by atoms with Gasteiger partial charge in [-0.15, -0.1) is 6.58 Å². The molecular weight excluding hydrogens is 271 g/mol. The molecule has 1 rings (SSSR count). The number of carbonyl (C=O) groups excluding carboxylic acids is 1. The van der Waals surface area contributed by atoms with Crippen LogP contribution in [0, 0.1) is 0 Å². The molecule has 1 atom stereocenters. The first-order valence-electron chi connectivity index (χ1n) is 5.34. The topological polar surface area (TPSA) is 53.5 Å². The first kappa shape index (κ1) is 14.7. The summed E-state index contributed by atoms with van der Waals surface area (Å²) in [5, 5.41) is 0.924. The van der Waals surface area contributed by atoms with Gasteiger partial charge < -0.3 is 5.53 Å². The molecule has 0 spiro atoms. The zero-order chi connectivity index (χ0) is 13.5. The van der Waals surface area contributed by atoms with Gasteiger partial charge in [-0.25, -0.2) is 0 Å². The lowest BCUT2D eigenvalue weighted by Gasteiger charge is -2.13. The van der Waals surface area contributed by atoms with Crippen molar-refractivity contribution in [1.82, 2.24) is 0 Å². The molecule has 1 aromatic rings. The Labute approximate surface area is 116 Å². The van der Waals surface area contributed by atoms with Crippen LogP contribution in [0.15, 0.2) is 30.9 Å². The minimum Gasteiger partial charge on any atom is -0.361 e. The van der Waals surface area contributed by atoms with Crippen LogP contribution >= 0.6 is 23.2 Å². The fourth-order valence-electron chi connectivity index (χ4n) is 1.66. The molecule has 18 heavy (non-hydrogen) atoms. The summed E-state index contributed by atoms with van der Waals surface area (Å²) < 4.78 is 0. The van der Waals surface area contributed by atoms with E-state index in [1.807, 2.05) is 6.07 Å². The molecule has 0 bridgehead atoms. The van der Waals surface area contributed by atoms with Gasteiger partial charge in [0.2, 0.25) is 5.78 Å². The van der Waals surface area contributed by atoms with Crippen molar-refractivity contribution in [2.24, 2.45) is 0 Å². The van der Waals surface area contributed by atoms with Crippen molar-refractivity contribution in [1.29, 1.82) is 0 Å². The van der Waals surface area contributed by atoms with Gasteiger partial charge in [-0.1, -0.05) is 35.3 Å². The van der Waals surface area contributed by atoms with Crippen molar-refractivity contribution >= 4 is 35.2 Å². The Morgan fingerprint density at radius 1 is 1.44 bits per heavy atom. The molecule has 0 saturated carbocycles. The highest BCUT2D eigenvalue weighted by Gasteiger charge is 2.16. The number of Topliss-reactive ketones (excluding diaryl/α,β-unsaturated/α-hetero) is 1. The summed E-state index contributed by atoms with van der Waals surface area (Å²) in [5.74, 6) is -0.307. The van der Waals surface area contributed by atoms with Crippen molar-refractivity contribution in [3.05, 3.63) is 52.0 Å². The van der Waals surface area contributed by atoms with Crippen molar-refractivity contribution in [3.8, 4) is 0 Å². The molecule has 0 saturated heterocycles. The SMILES string of the molecule is C=CC[C@@H](CC(=O)C=[N+]=[N-])c1ccc(Cl)c(Cl)c1. The van der Waals surface area contributed by atoms with E-state index in [-0.39, 0.29) is 18.1 Å². The predicted octanol–water partition coefficient (Wildman–Crippen LogP) is 3.91. The molecule has 0 amide bonds. The van der Waals surface area contributed by atoms with Gasteiger partial charge in [-0.2, -0.15) is 4.79 Å². The Morgan fingerprint density at radius 2 is 2.17 bits per heavy atom. The average molecular weight is 283 g/mol. The predicted molar refractivity (Wildman–Crippen MR) is 73.3 cm³/mol. The van der Waals surface area contributed by atoms with E-state index < -0.39 is 0 Å². The smallest absolute Gasteiger partial charge is 0.323 e. The number of halogens is 2. The second-order valence-corrected chi connectivity index (χ2v) is 4.62. The first-order chi connectivity index (χ1) is 8.58. The maximum absolute atomic E-state index is 11.5. The van der Waals surface area contributed by atoms with Gasteiger partial charge in [0.1, 0.15) is 0 Å². The summed E-state index contributed by atoms with van der Waals surface area (Å²) in [4.78, 5) is 14.2.